The minimum absolute atomic E-state index is 0.0867. The molecule has 2 aromatic carbocycles. The van der Waals surface area contributed by atoms with E-state index in [9.17, 15) is 4.79 Å². The van der Waals surface area contributed by atoms with Gasteiger partial charge in [-0.25, -0.2) is 0 Å². The lowest BCUT2D eigenvalue weighted by molar-refractivity contribution is 0.0963. The zero-order valence-electron chi connectivity index (χ0n) is 10.6. The van der Waals surface area contributed by atoms with Gasteiger partial charge >= 0.3 is 0 Å². The molecule has 0 heterocycles. The first kappa shape index (κ1) is 13.4. The van der Waals surface area contributed by atoms with Crippen LogP contribution in [0.2, 0.25) is 5.02 Å². The molecule has 0 unspecified atom stereocenters. The molecule has 1 amide bonds. The lowest BCUT2D eigenvalue weighted by Crippen LogP contribution is -2.18. The van der Waals surface area contributed by atoms with Gasteiger partial charge in [0.15, 0.2) is 0 Å². The van der Waals surface area contributed by atoms with Gasteiger partial charge in [0.05, 0.1) is 0 Å². The van der Waals surface area contributed by atoms with Crippen molar-refractivity contribution >= 4 is 29.7 Å². The third kappa shape index (κ3) is 3.46. The van der Waals surface area contributed by atoms with Gasteiger partial charge in [0.25, 0.3) is 5.91 Å². The summed E-state index contributed by atoms with van der Waals surface area (Å²) < 4.78 is 0. The number of rotatable bonds is 3. The molecule has 2 rings (SSSR count). The van der Waals surface area contributed by atoms with Crippen LogP contribution in [0.4, 0.5) is 0 Å². The molecule has 0 aliphatic rings. The second kappa shape index (κ2) is 6.21. The Balaban J connectivity index is 2.28. The van der Waals surface area contributed by atoms with E-state index >= 15 is 0 Å². The minimum atomic E-state index is -0.0867. The van der Waals surface area contributed by atoms with Crippen molar-refractivity contribution in [2.24, 2.45) is 0 Å². The number of benzene rings is 2. The molecule has 19 heavy (non-hydrogen) atoms. The van der Waals surface area contributed by atoms with Crippen molar-refractivity contribution < 1.29 is 4.79 Å². The number of hydrogen-bond acceptors (Lipinski definition) is 1. The highest BCUT2D eigenvalue weighted by atomic mass is 35.5. The lowest BCUT2D eigenvalue weighted by atomic mass is 10.1. The summed E-state index contributed by atoms with van der Waals surface area (Å²) in [5.74, 6) is -0.0867. The predicted molar refractivity (Wildman–Crippen MR) is 80.2 cm³/mol. The van der Waals surface area contributed by atoms with Crippen LogP contribution in [0, 0.1) is 0 Å². The fourth-order valence-electron chi connectivity index (χ4n) is 1.74. The quantitative estimate of drug-likeness (QED) is 0.844. The zero-order chi connectivity index (χ0) is 13.7. The van der Waals surface area contributed by atoms with Crippen LogP contribution < -0.4 is 5.32 Å². The topological polar surface area (TPSA) is 29.1 Å². The highest BCUT2D eigenvalue weighted by molar-refractivity contribution is 6.30. The van der Waals surface area contributed by atoms with Gasteiger partial charge in [0.1, 0.15) is 0 Å². The maximum absolute atomic E-state index is 11.7. The first-order valence-electron chi connectivity index (χ1n) is 5.95. The standard InChI is InChI=1S/C16H14ClNO/c1-18-16(19)15-5-3-2-4-13(15)9-6-12-7-10-14(17)11-8-12/h2-11H,1H3,(H,18,19)/b9-6+. The van der Waals surface area contributed by atoms with Gasteiger partial charge < -0.3 is 5.32 Å². The van der Waals surface area contributed by atoms with Crippen LogP contribution in [0.25, 0.3) is 12.2 Å². The highest BCUT2D eigenvalue weighted by Gasteiger charge is 2.06. The maximum Gasteiger partial charge on any atom is 0.251 e. The average Bonchev–Trinajstić information content (AvgIpc) is 2.46. The monoisotopic (exact) mass is 271 g/mol. The van der Waals surface area contributed by atoms with Crippen LogP contribution in [0.5, 0.6) is 0 Å². The molecule has 0 aromatic heterocycles. The number of amides is 1. The van der Waals surface area contributed by atoms with Gasteiger partial charge in [-0.15, -0.1) is 0 Å². The smallest absolute Gasteiger partial charge is 0.251 e. The average molecular weight is 272 g/mol. The maximum atomic E-state index is 11.7. The molecule has 1 N–H and O–H groups in total. The Morgan fingerprint density at radius 1 is 1.05 bits per heavy atom. The van der Waals surface area contributed by atoms with Gasteiger partial charge in [-0.3, -0.25) is 4.79 Å². The Bertz CT molecular complexity index is 602. The van der Waals surface area contributed by atoms with E-state index in [1.807, 2.05) is 54.6 Å². The van der Waals surface area contributed by atoms with Crippen molar-refractivity contribution in [2.75, 3.05) is 7.05 Å². The van der Waals surface area contributed by atoms with Crippen molar-refractivity contribution in [1.82, 2.24) is 5.32 Å². The van der Waals surface area contributed by atoms with Crippen LogP contribution in [0.1, 0.15) is 21.5 Å². The van der Waals surface area contributed by atoms with Crippen molar-refractivity contribution in [2.45, 2.75) is 0 Å². The van der Waals surface area contributed by atoms with Gasteiger partial charge in [-0.05, 0) is 29.3 Å². The summed E-state index contributed by atoms with van der Waals surface area (Å²) in [7, 11) is 1.63. The molecule has 3 heteroatoms. The van der Waals surface area contributed by atoms with Crippen LogP contribution >= 0.6 is 11.6 Å². The summed E-state index contributed by atoms with van der Waals surface area (Å²) in [5.41, 5.74) is 2.59. The van der Waals surface area contributed by atoms with E-state index in [-0.39, 0.29) is 5.91 Å². The Morgan fingerprint density at radius 3 is 2.42 bits per heavy atom. The molecule has 0 atom stereocenters. The molecule has 0 aliphatic heterocycles. The van der Waals surface area contributed by atoms with E-state index < -0.39 is 0 Å². The first-order valence-corrected chi connectivity index (χ1v) is 6.33. The van der Waals surface area contributed by atoms with Gasteiger partial charge in [-0.1, -0.05) is 54.1 Å². The van der Waals surface area contributed by atoms with E-state index in [2.05, 4.69) is 5.32 Å². The largest absolute Gasteiger partial charge is 0.355 e. The third-order valence-corrected chi connectivity index (χ3v) is 3.01. The number of nitrogens with one attached hydrogen (secondary N) is 1. The summed E-state index contributed by atoms with van der Waals surface area (Å²) >= 11 is 5.84. The fourth-order valence-corrected chi connectivity index (χ4v) is 1.87. The number of halogens is 1. The Kier molecular flexibility index (Phi) is 4.37. The van der Waals surface area contributed by atoms with Crippen molar-refractivity contribution in [1.29, 1.82) is 0 Å². The van der Waals surface area contributed by atoms with E-state index in [1.54, 1.807) is 13.1 Å². The Morgan fingerprint density at radius 2 is 1.74 bits per heavy atom. The third-order valence-electron chi connectivity index (χ3n) is 2.76. The van der Waals surface area contributed by atoms with Crippen molar-refractivity contribution in [3.8, 4) is 0 Å². The second-order valence-electron chi connectivity index (χ2n) is 4.05. The summed E-state index contributed by atoms with van der Waals surface area (Å²) in [6.07, 6.45) is 3.88. The van der Waals surface area contributed by atoms with E-state index in [0.717, 1.165) is 11.1 Å². The number of carbonyl (C=O) groups is 1. The fraction of sp³-hybridized carbons (Fsp3) is 0.0625. The molecule has 0 spiro atoms. The van der Waals surface area contributed by atoms with Crippen LogP contribution in [0.15, 0.2) is 48.5 Å². The molecule has 0 bridgehead atoms. The number of hydrogen-bond donors (Lipinski definition) is 1. The van der Waals surface area contributed by atoms with Crippen LogP contribution in [0.3, 0.4) is 0 Å². The van der Waals surface area contributed by atoms with Gasteiger partial charge in [0.2, 0.25) is 0 Å². The molecule has 0 aliphatic carbocycles. The predicted octanol–water partition coefficient (Wildman–Crippen LogP) is 3.87. The summed E-state index contributed by atoms with van der Waals surface area (Å²) in [6.45, 7) is 0. The molecular formula is C16H14ClNO. The normalized spacial score (nSPS) is 10.6. The van der Waals surface area contributed by atoms with E-state index in [4.69, 9.17) is 11.6 Å². The SMILES string of the molecule is CNC(=O)c1ccccc1/C=C/c1ccc(Cl)cc1. The van der Waals surface area contributed by atoms with Crippen LogP contribution in [-0.4, -0.2) is 13.0 Å². The molecule has 0 radical (unpaired) electrons. The van der Waals surface area contributed by atoms with Gasteiger partial charge in [-0.2, -0.15) is 0 Å². The zero-order valence-corrected chi connectivity index (χ0v) is 11.3. The lowest BCUT2D eigenvalue weighted by Gasteiger charge is -2.04. The Labute approximate surface area is 117 Å². The minimum Gasteiger partial charge on any atom is -0.355 e. The highest BCUT2D eigenvalue weighted by Crippen LogP contribution is 2.15. The summed E-state index contributed by atoms with van der Waals surface area (Å²) in [5, 5.41) is 3.35. The second-order valence-corrected chi connectivity index (χ2v) is 4.49. The molecule has 0 fully saturated rings. The summed E-state index contributed by atoms with van der Waals surface area (Å²) in [4.78, 5) is 11.7. The number of carbonyl (C=O) groups excluding carboxylic acids is 1. The molecule has 96 valence electrons. The van der Waals surface area contributed by atoms with E-state index in [0.29, 0.717) is 10.6 Å². The molecule has 2 aromatic rings. The van der Waals surface area contributed by atoms with Crippen LogP contribution in [-0.2, 0) is 0 Å². The van der Waals surface area contributed by atoms with Crippen molar-refractivity contribution in [3.05, 3.63) is 70.2 Å². The molecule has 0 saturated heterocycles. The van der Waals surface area contributed by atoms with E-state index in [1.165, 1.54) is 0 Å². The Hall–Kier alpha value is -2.06. The first-order chi connectivity index (χ1) is 9.20. The summed E-state index contributed by atoms with van der Waals surface area (Å²) in [6, 6.07) is 15.0. The van der Waals surface area contributed by atoms with Crippen molar-refractivity contribution in [3.63, 3.8) is 0 Å². The molecular weight excluding hydrogens is 258 g/mol. The molecule has 0 saturated carbocycles. The van der Waals surface area contributed by atoms with Gasteiger partial charge in [0, 0.05) is 17.6 Å². The molecule has 2 nitrogen and oxygen atoms in total.